The first-order valence-corrected chi connectivity index (χ1v) is 5.69. The van der Waals surface area contributed by atoms with Crippen LogP contribution in [0.1, 0.15) is 31.4 Å². The fraction of sp³-hybridized carbons (Fsp3) is 0.538. The molecule has 2 rings (SSSR count). The molecular formula is C13H18FN. The van der Waals surface area contributed by atoms with Crippen LogP contribution in [0.25, 0.3) is 0 Å². The van der Waals surface area contributed by atoms with Crippen molar-refractivity contribution in [1.29, 1.82) is 0 Å². The van der Waals surface area contributed by atoms with E-state index in [4.69, 9.17) is 0 Å². The summed E-state index contributed by atoms with van der Waals surface area (Å²) in [7, 11) is 0. The third-order valence-electron chi connectivity index (χ3n) is 2.99. The molecule has 0 fully saturated rings. The van der Waals surface area contributed by atoms with Crippen molar-refractivity contribution in [2.45, 2.75) is 45.2 Å². The van der Waals surface area contributed by atoms with Crippen LogP contribution < -0.4 is 5.32 Å². The van der Waals surface area contributed by atoms with Crippen LogP contribution in [0.15, 0.2) is 18.2 Å². The molecule has 1 aromatic rings. The van der Waals surface area contributed by atoms with Crippen molar-refractivity contribution in [3.63, 3.8) is 0 Å². The average Bonchev–Trinajstić information content (AvgIpc) is 2.17. The largest absolute Gasteiger partial charge is 0.311 e. The molecule has 0 aromatic heterocycles. The number of hydrogen-bond acceptors (Lipinski definition) is 1. The molecule has 0 aliphatic heterocycles. The van der Waals surface area contributed by atoms with Gasteiger partial charge >= 0.3 is 0 Å². The van der Waals surface area contributed by atoms with Crippen LogP contribution in [0.2, 0.25) is 0 Å². The van der Waals surface area contributed by atoms with Crippen molar-refractivity contribution in [3.05, 3.63) is 35.1 Å². The molecule has 0 amide bonds. The highest BCUT2D eigenvalue weighted by atomic mass is 19.1. The number of rotatable bonds is 2. The molecule has 1 atom stereocenters. The van der Waals surface area contributed by atoms with E-state index in [1.807, 2.05) is 12.1 Å². The Hall–Kier alpha value is -0.890. The number of fused-ring (bicyclic) bond motifs is 1. The Morgan fingerprint density at radius 1 is 1.40 bits per heavy atom. The minimum absolute atomic E-state index is 0.0319. The van der Waals surface area contributed by atoms with Gasteiger partial charge in [0.1, 0.15) is 5.82 Å². The molecule has 1 N–H and O–H groups in total. The summed E-state index contributed by atoms with van der Waals surface area (Å²) in [5, 5.41) is 3.52. The molecule has 1 unspecified atom stereocenters. The van der Waals surface area contributed by atoms with E-state index in [1.165, 1.54) is 5.56 Å². The van der Waals surface area contributed by atoms with E-state index < -0.39 is 0 Å². The summed E-state index contributed by atoms with van der Waals surface area (Å²) in [5.74, 6) is -0.0319. The molecule has 0 saturated heterocycles. The summed E-state index contributed by atoms with van der Waals surface area (Å²) in [6.45, 7) is 4.31. The fourth-order valence-corrected chi connectivity index (χ4v) is 2.37. The summed E-state index contributed by atoms with van der Waals surface area (Å²) in [4.78, 5) is 0. The van der Waals surface area contributed by atoms with Crippen LogP contribution in [-0.2, 0) is 12.8 Å². The van der Waals surface area contributed by atoms with Gasteiger partial charge in [-0.2, -0.15) is 0 Å². The van der Waals surface area contributed by atoms with Gasteiger partial charge in [0.25, 0.3) is 0 Å². The van der Waals surface area contributed by atoms with E-state index in [1.54, 1.807) is 6.07 Å². The van der Waals surface area contributed by atoms with Crippen LogP contribution >= 0.6 is 0 Å². The standard InChI is InChI=1S/C13H18FN/c1-9(2)15-11-6-7-12-10(8-11)4-3-5-13(12)14/h3-5,9,11,15H,6-8H2,1-2H3. The highest BCUT2D eigenvalue weighted by molar-refractivity contribution is 5.31. The van der Waals surface area contributed by atoms with Crippen LogP contribution in [0, 0.1) is 5.82 Å². The number of halogens is 1. The zero-order valence-electron chi connectivity index (χ0n) is 9.39. The van der Waals surface area contributed by atoms with Gasteiger partial charge in [0, 0.05) is 12.1 Å². The molecule has 0 radical (unpaired) electrons. The predicted molar refractivity (Wildman–Crippen MR) is 60.5 cm³/mol. The Bertz CT molecular complexity index is 346. The van der Waals surface area contributed by atoms with Crippen LogP contribution in [0.4, 0.5) is 4.39 Å². The Balaban J connectivity index is 2.13. The predicted octanol–water partition coefficient (Wildman–Crippen LogP) is 2.68. The third kappa shape index (κ3) is 2.37. The second kappa shape index (κ2) is 4.31. The lowest BCUT2D eigenvalue weighted by Crippen LogP contribution is -2.39. The highest BCUT2D eigenvalue weighted by Crippen LogP contribution is 2.23. The van der Waals surface area contributed by atoms with E-state index in [-0.39, 0.29) is 5.82 Å². The maximum Gasteiger partial charge on any atom is 0.126 e. The molecule has 1 nitrogen and oxygen atoms in total. The molecule has 15 heavy (non-hydrogen) atoms. The Labute approximate surface area is 90.7 Å². The van der Waals surface area contributed by atoms with Crippen molar-refractivity contribution < 1.29 is 4.39 Å². The van der Waals surface area contributed by atoms with Gasteiger partial charge in [-0.3, -0.25) is 0 Å². The van der Waals surface area contributed by atoms with Crippen molar-refractivity contribution in [2.75, 3.05) is 0 Å². The van der Waals surface area contributed by atoms with E-state index in [0.29, 0.717) is 12.1 Å². The van der Waals surface area contributed by atoms with Crippen LogP contribution in [-0.4, -0.2) is 12.1 Å². The van der Waals surface area contributed by atoms with E-state index in [0.717, 1.165) is 24.8 Å². The summed E-state index contributed by atoms with van der Waals surface area (Å²) in [5.41, 5.74) is 2.11. The summed E-state index contributed by atoms with van der Waals surface area (Å²) in [6, 6.07) is 6.44. The van der Waals surface area contributed by atoms with Gasteiger partial charge in [0.05, 0.1) is 0 Å². The van der Waals surface area contributed by atoms with Gasteiger partial charge in [-0.05, 0) is 36.5 Å². The second-order valence-electron chi connectivity index (χ2n) is 4.64. The SMILES string of the molecule is CC(C)NC1CCc2c(F)cccc2C1. The summed E-state index contributed by atoms with van der Waals surface area (Å²) in [6.07, 6.45) is 2.88. The number of benzene rings is 1. The summed E-state index contributed by atoms with van der Waals surface area (Å²) >= 11 is 0. The number of hydrogen-bond donors (Lipinski definition) is 1. The summed E-state index contributed by atoms with van der Waals surface area (Å²) < 4.78 is 13.4. The van der Waals surface area contributed by atoms with Gasteiger partial charge in [0.2, 0.25) is 0 Å². The topological polar surface area (TPSA) is 12.0 Å². The van der Waals surface area contributed by atoms with Crippen LogP contribution in [0.5, 0.6) is 0 Å². The molecule has 1 aromatic carbocycles. The Morgan fingerprint density at radius 3 is 2.93 bits per heavy atom. The molecule has 0 spiro atoms. The van der Waals surface area contributed by atoms with E-state index in [2.05, 4.69) is 19.2 Å². The molecule has 0 saturated carbocycles. The van der Waals surface area contributed by atoms with Crippen molar-refractivity contribution in [3.8, 4) is 0 Å². The monoisotopic (exact) mass is 207 g/mol. The van der Waals surface area contributed by atoms with Gasteiger partial charge < -0.3 is 5.32 Å². The smallest absolute Gasteiger partial charge is 0.126 e. The first-order chi connectivity index (χ1) is 7.16. The first kappa shape index (κ1) is 10.6. The maximum atomic E-state index is 13.4. The van der Waals surface area contributed by atoms with Gasteiger partial charge in [-0.25, -0.2) is 4.39 Å². The Morgan fingerprint density at radius 2 is 2.20 bits per heavy atom. The van der Waals surface area contributed by atoms with Crippen molar-refractivity contribution in [2.24, 2.45) is 0 Å². The lowest BCUT2D eigenvalue weighted by atomic mass is 9.87. The molecule has 0 heterocycles. The second-order valence-corrected chi connectivity index (χ2v) is 4.64. The number of nitrogens with one attached hydrogen (secondary N) is 1. The molecular weight excluding hydrogens is 189 g/mol. The lowest BCUT2D eigenvalue weighted by molar-refractivity contribution is 0.415. The molecule has 1 aliphatic rings. The Kier molecular flexibility index (Phi) is 3.06. The lowest BCUT2D eigenvalue weighted by Gasteiger charge is -2.27. The normalized spacial score (nSPS) is 20.4. The van der Waals surface area contributed by atoms with E-state index >= 15 is 0 Å². The molecule has 82 valence electrons. The minimum Gasteiger partial charge on any atom is -0.311 e. The zero-order valence-corrected chi connectivity index (χ0v) is 9.39. The molecule has 1 aliphatic carbocycles. The first-order valence-electron chi connectivity index (χ1n) is 5.69. The maximum absolute atomic E-state index is 13.4. The third-order valence-corrected chi connectivity index (χ3v) is 2.99. The highest BCUT2D eigenvalue weighted by Gasteiger charge is 2.20. The van der Waals surface area contributed by atoms with Crippen LogP contribution in [0.3, 0.4) is 0 Å². The van der Waals surface area contributed by atoms with Crippen molar-refractivity contribution >= 4 is 0 Å². The van der Waals surface area contributed by atoms with Gasteiger partial charge in [-0.1, -0.05) is 26.0 Å². The molecule has 0 bridgehead atoms. The van der Waals surface area contributed by atoms with E-state index in [9.17, 15) is 4.39 Å². The van der Waals surface area contributed by atoms with Gasteiger partial charge in [-0.15, -0.1) is 0 Å². The fourth-order valence-electron chi connectivity index (χ4n) is 2.37. The van der Waals surface area contributed by atoms with Gasteiger partial charge in [0.15, 0.2) is 0 Å². The average molecular weight is 207 g/mol. The quantitative estimate of drug-likeness (QED) is 0.786. The molecule has 2 heteroatoms. The van der Waals surface area contributed by atoms with Crippen molar-refractivity contribution in [1.82, 2.24) is 5.32 Å². The minimum atomic E-state index is -0.0319. The zero-order chi connectivity index (χ0) is 10.8.